The van der Waals surface area contributed by atoms with E-state index in [-0.39, 0.29) is 0 Å². The maximum absolute atomic E-state index is 12.0. The van der Waals surface area contributed by atoms with Gasteiger partial charge in [-0.05, 0) is 70.2 Å². The van der Waals surface area contributed by atoms with Gasteiger partial charge in [0.2, 0.25) is 0 Å². The van der Waals surface area contributed by atoms with E-state index in [0.717, 1.165) is 30.8 Å². The molecule has 0 spiro atoms. The van der Waals surface area contributed by atoms with Crippen molar-refractivity contribution in [1.29, 1.82) is 0 Å². The maximum atomic E-state index is 12.0. The summed E-state index contributed by atoms with van der Waals surface area (Å²) in [6.45, 7) is 9.69. The van der Waals surface area contributed by atoms with Gasteiger partial charge in [-0.25, -0.2) is 4.79 Å². The van der Waals surface area contributed by atoms with E-state index in [1.165, 1.54) is 12.0 Å². The Morgan fingerprint density at radius 2 is 2.14 bits per heavy atom. The predicted molar refractivity (Wildman–Crippen MR) is 85.9 cm³/mol. The second kappa shape index (κ2) is 6.48. The fraction of sp³-hybridized carbons (Fsp3) is 0.588. The van der Waals surface area contributed by atoms with Crippen LogP contribution in [0.15, 0.2) is 18.2 Å². The molecule has 0 bridgehead atoms. The number of aryl methyl sites for hydroxylation is 1. The quantitative estimate of drug-likeness (QED) is 0.871. The predicted octanol–water partition coefficient (Wildman–Crippen LogP) is 3.81. The molecule has 1 aliphatic heterocycles. The summed E-state index contributed by atoms with van der Waals surface area (Å²) in [6.07, 6.45) is 1.93. The Labute approximate surface area is 127 Å². The van der Waals surface area contributed by atoms with Gasteiger partial charge in [0, 0.05) is 12.2 Å². The maximum Gasteiger partial charge on any atom is 0.412 e. The van der Waals surface area contributed by atoms with E-state index >= 15 is 0 Å². The van der Waals surface area contributed by atoms with Crippen LogP contribution in [0.5, 0.6) is 0 Å². The molecule has 2 rings (SSSR count). The molecule has 1 saturated heterocycles. The van der Waals surface area contributed by atoms with Crippen molar-refractivity contribution in [2.75, 3.05) is 18.4 Å². The molecule has 1 aromatic carbocycles. The molecule has 0 aromatic heterocycles. The van der Waals surface area contributed by atoms with Crippen LogP contribution < -0.4 is 10.6 Å². The minimum Gasteiger partial charge on any atom is -0.444 e. The Balaban J connectivity index is 2.17. The van der Waals surface area contributed by atoms with Crippen molar-refractivity contribution >= 4 is 11.8 Å². The molecule has 1 heterocycles. The number of carbonyl (C=O) groups excluding carboxylic acids is 1. The molecular formula is C17H26N2O2. The van der Waals surface area contributed by atoms with Crippen molar-refractivity contribution in [2.24, 2.45) is 0 Å². The lowest BCUT2D eigenvalue weighted by Gasteiger charge is -2.26. The number of carbonyl (C=O) groups is 1. The lowest BCUT2D eigenvalue weighted by molar-refractivity contribution is 0.0635. The first kappa shape index (κ1) is 15.8. The van der Waals surface area contributed by atoms with Crippen LogP contribution in [0.4, 0.5) is 10.5 Å². The summed E-state index contributed by atoms with van der Waals surface area (Å²) in [5, 5.41) is 6.34. The zero-order valence-corrected chi connectivity index (χ0v) is 13.5. The van der Waals surface area contributed by atoms with Gasteiger partial charge >= 0.3 is 6.09 Å². The number of amides is 1. The summed E-state index contributed by atoms with van der Waals surface area (Å²) >= 11 is 0. The first-order chi connectivity index (χ1) is 9.85. The molecule has 4 heteroatoms. The molecule has 1 fully saturated rings. The van der Waals surface area contributed by atoms with E-state index in [1.54, 1.807) is 0 Å². The zero-order chi connectivity index (χ0) is 15.5. The van der Waals surface area contributed by atoms with Gasteiger partial charge in [0.05, 0.1) is 0 Å². The SMILES string of the molecule is Cc1ccc(C2CCCNC2)c(NC(=O)OC(C)(C)C)c1. The fourth-order valence-corrected chi connectivity index (χ4v) is 2.67. The van der Waals surface area contributed by atoms with Crippen LogP contribution >= 0.6 is 0 Å². The summed E-state index contributed by atoms with van der Waals surface area (Å²) in [5.41, 5.74) is 2.71. The Morgan fingerprint density at radius 1 is 1.38 bits per heavy atom. The average Bonchev–Trinajstić information content (AvgIpc) is 2.37. The molecule has 116 valence electrons. The number of piperidine rings is 1. The monoisotopic (exact) mass is 290 g/mol. The number of hydrogen-bond donors (Lipinski definition) is 2. The van der Waals surface area contributed by atoms with Crippen LogP contribution in [0.25, 0.3) is 0 Å². The molecule has 0 radical (unpaired) electrons. The molecule has 2 N–H and O–H groups in total. The summed E-state index contributed by atoms with van der Waals surface area (Å²) in [4.78, 5) is 12.0. The molecular weight excluding hydrogens is 264 g/mol. The van der Waals surface area contributed by atoms with Crippen molar-refractivity contribution in [3.05, 3.63) is 29.3 Å². The van der Waals surface area contributed by atoms with Crippen LogP contribution in [0.1, 0.15) is 50.7 Å². The van der Waals surface area contributed by atoms with E-state index in [1.807, 2.05) is 33.8 Å². The summed E-state index contributed by atoms with van der Waals surface area (Å²) < 4.78 is 5.36. The highest BCUT2D eigenvalue weighted by atomic mass is 16.6. The molecule has 1 aliphatic rings. The highest BCUT2D eigenvalue weighted by molar-refractivity contribution is 5.86. The van der Waals surface area contributed by atoms with Crippen LogP contribution in [0, 0.1) is 6.92 Å². The summed E-state index contributed by atoms with van der Waals surface area (Å²) in [7, 11) is 0. The number of rotatable bonds is 2. The van der Waals surface area contributed by atoms with Gasteiger partial charge in [0.25, 0.3) is 0 Å². The zero-order valence-electron chi connectivity index (χ0n) is 13.5. The molecule has 0 saturated carbocycles. The van der Waals surface area contributed by atoms with Gasteiger partial charge in [-0.2, -0.15) is 0 Å². The van der Waals surface area contributed by atoms with Crippen molar-refractivity contribution in [3.63, 3.8) is 0 Å². The Bertz CT molecular complexity index is 500. The van der Waals surface area contributed by atoms with Gasteiger partial charge in [0.1, 0.15) is 5.60 Å². The van der Waals surface area contributed by atoms with Gasteiger partial charge < -0.3 is 10.1 Å². The number of ether oxygens (including phenoxy) is 1. The molecule has 4 nitrogen and oxygen atoms in total. The van der Waals surface area contributed by atoms with Crippen LogP contribution in [0.3, 0.4) is 0 Å². The second-order valence-corrected chi connectivity index (χ2v) is 6.76. The minimum atomic E-state index is -0.486. The third-order valence-corrected chi connectivity index (χ3v) is 3.58. The van der Waals surface area contributed by atoms with E-state index in [0.29, 0.717) is 5.92 Å². The fourth-order valence-electron chi connectivity index (χ4n) is 2.67. The lowest BCUT2D eigenvalue weighted by Crippen LogP contribution is -2.30. The number of benzene rings is 1. The lowest BCUT2D eigenvalue weighted by atomic mass is 9.90. The van der Waals surface area contributed by atoms with E-state index < -0.39 is 11.7 Å². The molecule has 1 amide bonds. The first-order valence-electron chi connectivity index (χ1n) is 7.66. The number of anilines is 1. The van der Waals surface area contributed by atoms with E-state index in [4.69, 9.17) is 4.74 Å². The van der Waals surface area contributed by atoms with E-state index in [2.05, 4.69) is 22.8 Å². The third kappa shape index (κ3) is 4.74. The Morgan fingerprint density at radius 3 is 2.76 bits per heavy atom. The number of nitrogens with one attached hydrogen (secondary N) is 2. The third-order valence-electron chi connectivity index (χ3n) is 3.58. The van der Waals surface area contributed by atoms with Crippen LogP contribution in [-0.2, 0) is 4.74 Å². The van der Waals surface area contributed by atoms with Crippen molar-refractivity contribution < 1.29 is 9.53 Å². The van der Waals surface area contributed by atoms with Crippen LogP contribution in [0.2, 0.25) is 0 Å². The van der Waals surface area contributed by atoms with Crippen molar-refractivity contribution in [1.82, 2.24) is 5.32 Å². The molecule has 21 heavy (non-hydrogen) atoms. The van der Waals surface area contributed by atoms with Crippen molar-refractivity contribution in [2.45, 2.75) is 52.1 Å². The molecule has 0 aliphatic carbocycles. The van der Waals surface area contributed by atoms with E-state index in [9.17, 15) is 4.79 Å². The minimum absolute atomic E-state index is 0.391. The largest absolute Gasteiger partial charge is 0.444 e. The summed E-state index contributed by atoms with van der Waals surface area (Å²) in [5.74, 6) is 0.448. The Hall–Kier alpha value is -1.55. The Kier molecular flexibility index (Phi) is 4.88. The van der Waals surface area contributed by atoms with Crippen LogP contribution in [-0.4, -0.2) is 24.8 Å². The standard InChI is InChI=1S/C17H26N2O2/c1-12-7-8-14(13-6-5-9-18-11-13)15(10-12)19-16(20)21-17(2,3)4/h7-8,10,13,18H,5-6,9,11H2,1-4H3,(H,19,20). The smallest absolute Gasteiger partial charge is 0.412 e. The first-order valence-corrected chi connectivity index (χ1v) is 7.66. The topological polar surface area (TPSA) is 50.4 Å². The summed E-state index contributed by atoms with van der Waals surface area (Å²) in [6, 6.07) is 6.25. The molecule has 1 atom stereocenters. The van der Waals surface area contributed by atoms with Gasteiger partial charge in [0.15, 0.2) is 0 Å². The highest BCUT2D eigenvalue weighted by Crippen LogP contribution is 2.30. The van der Waals surface area contributed by atoms with Gasteiger partial charge in [-0.15, -0.1) is 0 Å². The van der Waals surface area contributed by atoms with Gasteiger partial charge in [-0.1, -0.05) is 12.1 Å². The highest BCUT2D eigenvalue weighted by Gasteiger charge is 2.21. The molecule has 1 aromatic rings. The number of hydrogen-bond acceptors (Lipinski definition) is 3. The molecule has 1 unspecified atom stereocenters. The normalized spacial score (nSPS) is 19.1. The second-order valence-electron chi connectivity index (χ2n) is 6.76. The van der Waals surface area contributed by atoms with Gasteiger partial charge in [-0.3, -0.25) is 5.32 Å². The van der Waals surface area contributed by atoms with Crippen molar-refractivity contribution in [3.8, 4) is 0 Å². The average molecular weight is 290 g/mol.